The molecule has 0 aromatic carbocycles. The molecule has 1 saturated carbocycles. The lowest BCUT2D eigenvalue weighted by atomic mass is 9.75. The second-order valence-electron chi connectivity index (χ2n) is 5.99. The molecule has 0 aromatic heterocycles. The third-order valence-corrected chi connectivity index (χ3v) is 4.12. The molecule has 1 aliphatic carbocycles. The van der Waals surface area contributed by atoms with E-state index in [2.05, 4.69) is 18.7 Å². The lowest BCUT2D eigenvalue weighted by molar-refractivity contribution is -0.149. The first kappa shape index (κ1) is 14.5. The summed E-state index contributed by atoms with van der Waals surface area (Å²) in [5.41, 5.74) is 0.477. The average molecular weight is 241 g/mol. The molecule has 0 N–H and O–H groups in total. The van der Waals surface area contributed by atoms with Crippen LogP contribution in [0.25, 0.3) is 0 Å². The highest BCUT2D eigenvalue weighted by atomic mass is 16.5. The van der Waals surface area contributed by atoms with Crippen molar-refractivity contribution in [3.8, 4) is 0 Å². The summed E-state index contributed by atoms with van der Waals surface area (Å²) in [4.78, 5) is 13.9. The zero-order valence-electron chi connectivity index (χ0n) is 12.0. The number of nitrogens with zero attached hydrogens (tertiary/aromatic N) is 1. The molecule has 1 rings (SSSR count). The van der Waals surface area contributed by atoms with E-state index in [0.717, 1.165) is 0 Å². The van der Waals surface area contributed by atoms with Crippen molar-refractivity contribution < 1.29 is 9.53 Å². The lowest BCUT2D eigenvalue weighted by Crippen LogP contribution is -2.46. The minimum Gasteiger partial charge on any atom is -0.465 e. The van der Waals surface area contributed by atoms with Crippen molar-refractivity contribution in [3.05, 3.63) is 0 Å². The molecule has 1 aliphatic rings. The van der Waals surface area contributed by atoms with E-state index in [-0.39, 0.29) is 12.0 Å². The highest BCUT2D eigenvalue weighted by Crippen LogP contribution is 2.36. The average Bonchev–Trinajstić information content (AvgIpc) is 2.27. The number of hydrogen-bond donors (Lipinski definition) is 0. The largest absolute Gasteiger partial charge is 0.465 e. The van der Waals surface area contributed by atoms with Crippen molar-refractivity contribution >= 4 is 5.97 Å². The zero-order chi connectivity index (χ0) is 13.1. The topological polar surface area (TPSA) is 29.5 Å². The first-order valence-electron chi connectivity index (χ1n) is 6.76. The smallest absolute Gasteiger partial charge is 0.323 e. The molecule has 3 heteroatoms. The molecule has 0 bridgehead atoms. The summed E-state index contributed by atoms with van der Waals surface area (Å²) in [6, 6.07) is 0.406. The third-order valence-electron chi connectivity index (χ3n) is 4.12. The Morgan fingerprint density at radius 2 is 1.94 bits per heavy atom. The minimum absolute atomic E-state index is 0.0974. The molecule has 100 valence electrons. The van der Waals surface area contributed by atoms with Crippen LogP contribution in [0.15, 0.2) is 0 Å². The predicted molar refractivity (Wildman–Crippen MR) is 69.9 cm³/mol. The normalized spacial score (nSPS) is 22.5. The van der Waals surface area contributed by atoms with Gasteiger partial charge in [0.2, 0.25) is 0 Å². The monoisotopic (exact) mass is 241 g/mol. The van der Waals surface area contributed by atoms with E-state index in [9.17, 15) is 4.79 Å². The standard InChI is InChI=1S/C14H27NO2/c1-6-17-13(16)11(2)15(5)12-7-9-14(3,4)10-8-12/h11-12H,6-10H2,1-5H3. The molecule has 0 spiro atoms. The highest BCUT2D eigenvalue weighted by molar-refractivity contribution is 5.75. The van der Waals surface area contributed by atoms with Crippen LogP contribution in [-0.2, 0) is 9.53 Å². The van der Waals surface area contributed by atoms with Gasteiger partial charge < -0.3 is 4.74 Å². The Bertz CT molecular complexity index is 253. The van der Waals surface area contributed by atoms with Gasteiger partial charge in [0.05, 0.1) is 6.61 Å². The number of ether oxygens (including phenoxy) is 1. The van der Waals surface area contributed by atoms with E-state index >= 15 is 0 Å². The van der Waals surface area contributed by atoms with Gasteiger partial charge in [-0.05, 0) is 52.0 Å². The van der Waals surface area contributed by atoms with Gasteiger partial charge in [-0.1, -0.05) is 13.8 Å². The van der Waals surface area contributed by atoms with Gasteiger partial charge in [0.1, 0.15) is 6.04 Å². The van der Waals surface area contributed by atoms with Crippen molar-refractivity contribution in [2.24, 2.45) is 5.41 Å². The number of likely N-dealkylation sites (N-methyl/N-ethyl adjacent to an activating group) is 1. The number of rotatable bonds is 4. The second-order valence-corrected chi connectivity index (χ2v) is 5.99. The van der Waals surface area contributed by atoms with Gasteiger partial charge in [0, 0.05) is 6.04 Å². The Labute approximate surface area is 106 Å². The summed E-state index contributed by atoms with van der Waals surface area (Å²) in [6.45, 7) is 8.93. The molecular weight excluding hydrogens is 214 g/mol. The number of carbonyl (C=O) groups excluding carboxylic acids is 1. The van der Waals surface area contributed by atoms with Crippen LogP contribution in [0.4, 0.5) is 0 Å². The molecule has 17 heavy (non-hydrogen) atoms. The fourth-order valence-electron chi connectivity index (χ4n) is 2.54. The number of hydrogen-bond acceptors (Lipinski definition) is 3. The molecule has 1 atom stereocenters. The van der Waals surface area contributed by atoms with E-state index in [0.29, 0.717) is 18.1 Å². The lowest BCUT2D eigenvalue weighted by Gasteiger charge is -2.40. The van der Waals surface area contributed by atoms with Crippen molar-refractivity contribution in [1.29, 1.82) is 0 Å². The van der Waals surface area contributed by atoms with E-state index in [1.807, 2.05) is 20.9 Å². The molecule has 1 fully saturated rings. The Hall–Kier alpha value is -0.570. The van der Waals surface area contributed by atoms with Gasteiger partial charge in [-0.3, -0.25) is 9.69 Å². The van der Waals surface area contributed by atoms with Gasteiger partial charge in [0.25, 0.3) is 0 Å². The van der Waals surface area contributed by atoms with Gasteiger partial charge >= 0.3 is 5.97 Å². The fraction of sp³-hybridized carbons (Fsp3) is 0.929. The Balaban J connectivity index is 2.48. The predicted octanol–water partition coefficient (Wildman–Crippen LogP) is 2.84. The van der Waals surface area contributed by atoms with E-state index in [4.69, 9.17) is 4.74 Å². The molecule has 0 radical (unpaired) electrons. The van der Waals surface area contributed by atoms with Crippen molar-refractivity contribution in [1.82, 2.24) is 4.90 Å². The van der Waals surface area contributed by atoms with Crippen LogP contribution in [0.5, 0.6) is 0 Å². The van der Waals surface area contributed by atoms with E-state index in [1.165, 1.54) is 25.7 Å². The van der Waals surface area contributed by atoms with Crippen LogP contribution in [0, 0.1) is 5.41 Å². The summed E-state index contributed by atoms with van der Waals surface area (Å²) in [5.74, 6) is -0.0974. The maximum Gasteiger partial charge on any atom is 0.323 e. The zero-order valence-corrected chi connectivity index (χ0v) is 12.0. The Kier molecular flexibility index (Phi) is 4.99. The first-order valence-corrected chi connectivity index (χ1v) is 6.76. The molecule has 0 aromatic rings. The van der Waals surface area contributed by atoms with Crippen molar-refractivity contribution in [2.75, 3.05) is 13.7 Å². The molecular formula is C14H27NO2. The van der Waals surface area contributed by atoms with Crippen molar-refractivity contribution in [3.63, 3.8) is 0 Å². The van der Waals surface area contributed by atoms with Gasteiger partial charge in [0.15, 0.2) is 0 Å². The van der Waals surface area contributed by atoms with Crippen LogP contribution < -0.4 is 0 Å². The Morgan fingerprint density at radius 1 is 1.41 bits per heavy atom. The quantitative estimate of drug-likeness (QED) is 0.709. The summed E-state index contributed by atoms with van der Waals surface area (Å²) >= 11 is 0. The summed E-state index contributed by atoms with van der Waals surface area (Å²) in [5, 5.41) is 0. The second kappa shape index (κ2) is 5.85. The SMILES string of the molecule is CCOC(=O)C(C)N(C)C1CCC(C)(C)CC1. The molecule has 0 aliphatic heterocycles. The highest BCUT2D eigenvalue weighted by Gasteiger charge is 2.32. The molecule has 1 unspecified atom stereocenters. The summed E-state index contributed by atoms with van der Waals surface area (Å²) in [7, 11) is 2.05. The van der Waals surface area contributed by atoms with Crippen LogP contribution in [0.3, 0.4) is 0 Å². The van der Waals surface area contributed by atoms with Gasteiger partial charge in [-0.25, -0.2) is 0 Å². The maximum absolute atomic E-state index is 11.7. The van der Waals surface area contributed by atoms with Crippen molar-refractivity contribution in [2.45, 2.75) is 65.5 Å². The van der Waals surface area contributed by atoms with E-state index < -0.39 is 0 Å². The van der Waals surface area contributed by atoms with Gasteiger partial charge in [-0.2, -0.15) is 0 Å². The summed E-state index contributed by atoms with van der Waals surface area (Å²) < 4.78 is 5.08. The van der Waals surface area contributed by atoms with Crippen LogP contribution in [0.2, 0.25) is 0 Å². The summed E-state index contributed by atoms with van der Waals surface area (Å²) in [6.07, 6.45) is 4.87. The third kappa shape index (κ3) is 3.98. The van der Waals surface area contributed by atoms with Crippen LogP contribution in [0.1, 0.15) is 53.4 Å². The molecule has 0 amide bonds. The van der Waals surface area contributed by atoms with Gasteiger partial charge in [-0.15, -0.1) is 0 Å². The maximum atomic E-state index is 11.7. The minimum atomic E-state index is -0.124. The van der Waals surface area contributed by atoms with E-state index in [1.54, 1.807) is 0 Å². The molecule has 0 heterocycles. The first-order chi connectivity index (χ1) is 7.87. The molecule has 0 saturated heterocycles. The Morgan fingerprint density at radius 3 is 2.41 bits per heavy atom. The van der Waals surface area contributed by atoms with Crippen LogP contribution in [-0.4, -0.2) is 36.6 Å². The number of carbonyl (C=O) groups is 1. The number of esters is 1. The molecule has 3 nitrogen and oxygen atoms in total. The van der Waals surface area contributed by atoms with Crippen LogP contribution >= 0.6 is 0 Å². The fourth-order valence-corrected chi connectivity index (χ4v) is 2.54.